The summed E-state index contributed by atoms with van der Waals surface area (Å²) in [6, 6.07) is 16.6. The maximum absolute atomic E-state index is 11.7. The van der Waals surface area contributed by atoms with E-state index in [4.69, 9.17) is 9.47 Å². The fourth-order valence-corrected chi connectivity index (χ4v) is 2.24. The minimum atomic E-state index is -0.603. The number of carbonyl (C=O) groups is 1. The minimum Gasteiger partial charge on any atom is -0.623 e. The van der Waals surface area contributed by atoms with Crippen molar-refractivity contribution in [1.29, 1.82) is 0 Å². The van der Waals surface area contributed by atoms with Crippen molar-refractivity contribution in [3.05, 3.63) is 70.9 Å². The molecule has 2 aromatic carbocycles. The summed E-state index contributed by atoms with van der Waals surface area (Å²) in [4.78, 5) is 11.0. The van der Waals surface area contributed by atoms with Crippen molar-refractivity contribution in [1.82, 2.24) is 0 Å². The van der Waals surface area contributed by atoms with Gasteiger partial charge in [-0.05, 0) is 29.8 Å². The summed E-state index contributed by atoms with van der Waals surface area (Å²) in [6.45, 7) is 0.547. The summed E-state index contributed by atoms with van der Waals surface area (Å²) in [6.07, 6.45) is 0.925. The molecule has 1 heterocycles. The highest BCUT2D eigenvalue weighted by molar-refractivity contribution is 6.21. The van der Waals surface area contributed by atoms with Crippen molar-refractivity contribution in [3.63, 3.8) is 0 Å². The molecule has 5 heteroatoms. The number of esters is 1. The molecular weight excluding hydrogens is 282 g/mol. The van der Waals surface area contributed by atoms with Gasteiger partial charge < -0.3 is 14.7 Å². The zero-order chi connectivity index (χ0) is 15.4. The average molecular weight is 297 g/mol. The van der Waals surface area contributed by atoms with Gasteiger partial charge in [-0.25, -0.2) is 4.79 Å². The van der Waals surface area contributed by atoms with Crippen molar-refractivity contribution < 1.29 is 19.0 Å². The highest BCUT2D eigenvalue weighted by Gasteiger charge is 2.26. The van der Waals surface area contributed by atoms with Gasteiger partial charge in [-0.15, -0.1) is 0 Å². The van der Waals surface area contributed by atoms with Gasteiger partial charge >= 0.3 is 5.97 Å². The zero-order valence-electron chi connectivity index (χ0n) is 11.8. The number of hydrogen-bond donors (Lipinski definition) is 0. The standard InChI is InChI=1S/C17H15NO4/c19-17-10-18(20)16(12-22-17)14-6-8-15(9-7-14)21-11-13-4-2-1-3-5-13/h1-10,16H,11-12H2/t16-/m1/s1. The Morgan fingerprint density at radius 2 is 1.86 bits per heavy atom. The maximum Gasteiger partial charge on any atom is 0.396 e. The number of benzene rings is 2. The molecule has 0 aliphatic carbocycles. The van der Waals surface area contributed by atoms with Gasteiger partial charge in [0.2, 0.25) is 6.04 Å². The third kappa shape index (κ3) is 3.25. The van der Waals surface area contributed by atoms with Crippen LogP contribution in [0.5, 0.6) is 5.75 Å². The molecule has 0 amide bonds. The molecule has 1 aliphatic rings. The van der Waals surface area contributed by atoms with Crippen LogP contribution in [0.4, 0.5) is 0 Å². The topological polar surface area (TPSA) is 61.6 Å². The van der Waals surface area contributed by atoms with Crippen LogP contribution in [0.15, 0.2) is 54.6 Å². The predicted molar refractivity (Wildman–Crippen MR) is 80.6 cm³/mol. The molecule has 0 fully saturated rings. The third-order valence-electron chi connectivity index (χ3n) is 3.44. The van der Waals surface area contributed by atoms with Gasteiger partial charge in [0.25, 0.3) is 6.21 Å². The molecule has 0 aromatic heterocycles. The van der Waals surface area contributed by atoms with Crippen LogP contribution >= 0.6 is 0 Å². The average Bonchev–Trinajstić information content (AvgIpc) is 2.55. The molecule has 1 aliphatic heterocycles. The number of cyclic esters (lactones) is 1. The van der Waals surface area contributed by atoms with Crippen molar-refractivity contribution in [2.75, 3.05) is 6.61 Å². The lowest BCUT2D eigenvalue weighted by atomic mass is 10.1. The Kier molecular flexibility index (Phi) is 4.05. The van der Waals surface area contributed by atoms with Crippen LogP contribution in [0.1, 0.15) is 17.2 Å². The summed E-state index contributed by atoms with van der Waals surface area (Å²) in [7, 11) is 0. The first-order valence-electron chi connectivity index (χ1n) is 6.96. The smallest absolute Gasteiger partial charge is 0.396 e. The molecule has 112 valence electrons. The monoisotopic (exact) mass is 297 g/mol. The Hall–Kier alpha value is -2.82. The van der Waals surface area contributed by atoms with Crippen LogP contribution in [0.25, 0.3) is 0 Å². The van der Waals surface area contributed by atoms with Gasteiger partial charge in [0, 0.05) is 5.56 Å². The number of nitrogens with zero attached hydrogens (tertiary/aromatic N) is 1. The molecule has 2 aromatic rings. The Bertz CT molecular complexity index is 680. The van der Waals surface area contributed by atoms with E-state index in [9.17, 15) is 10.0 Å². The van der Waals surface area contributed by atoms with Crippen LogP contribution < -0.4 is 4.74 Å². The number of carbonyl (C=O) groups excluding carboxylic acids is 1. The highest BCUT2D eigenvalue weighted by atomic mass is 16.6. The SMILES string of the molecule is O=C1C=[N+]([O-])[C@@H](c2ccc(OCc3ccccc3)cc2)CO1. The van der Waals surface area contributed by atoms with Gasteiger partial charge in [-0.2, -0.15) is 4.74 Å². The second-order valence-corrected chi connectivity index (χ2v) is 4.98. The number of rotatable bonds is 4. The maximum atomic E-state index is 11.7. The van der Waals surface area contributed by atoms with Crippen molar-refractivity contribution >= 4 is 12.2 Å². The molecule has 0 radical (unpaired) electrons. The molecule has 0 spiro atoms. The van der Waals surface area contributed by atoms with E-state index in [0.717, 1.165) is 23.1 Å². The lowest BCUT2D eigenvalue weighted by Gasteiger charge is -2.20. The molecule has 22 heavy (non-hydrogen) atoms. The van der Waals surface area contributed by atoms with Crippen molar-refractivity contribution in [3.8, 4) is 5.75 Å². The normalized spacial score (nSPS) is 17.5. The lowest BCUT2D eigenvalue weighted by molar-refractivity contribution is -0.511. The fourth-order valence-electron chi connectivity index (χ4n) is 2.24. The number of hydrogen-bond acceptors (Lipinski definition) is 4. The van der Waals surface area contributed by atoms with Crippen molar-refractivity contribution in [2.24, 2.45) is 0 Å². The van der Waals surface area contributed by atoms with E-state index in [2.05, 4.69) is 0 Å². The molecule has 0 N–H and O–H groups in total. The number of ether oxygens (including phenoxy) is 2. The molecule has 0 saturated heterocycles. The highest BCUT2D eigenvalue weighted by Crippen LogP contribution is 2.22. The summed E-state index contributed by atoms with van der Waals surface area (Å²) in [5.74, 6) is 0.121. The molecule has 1 atom stereocenters. The van der Waals surface area contributed by atoms with Crippen LogP contribution in [0, 0.1) is 5.21 Å². The summed E-state index contributed by atoms with van der Waals surface area (Å²) >= 11 is 0. The van der Waals surface area contributed by atoms with E-state index >= 15 is 0 Å². The summed E-state index contributed by atoms with van der Waals surface area (Å²) in [5, 5.41) is 11.7. The van der Waals surface area contributed by atoms with Crippen LogP contribution in [0.2, 0.25) is 0 Å². The Balaban J connectivity index is 1.65. The Morgan fingerprint density at radius 1 is 1.14 bits per heavy atom. The second-order valence-electron chi connectivity index (χ2n) is 4.98. The first-order chi connectivity index (χ1) is 10.7. The largest absolute Gasteiger partial charge is 0.623 e. The molecule has 5 nitrogen and oxygen atoms in total. The second kappa shape index (κ2) is 6.30. The van der Waals surface area contributed by atoms with E-state index in [0.29, 0.717) is 11.3 Å². The minimum absolute atomic E-state index is 0.0586. The van der Waals surface area contributed by atoms with Crippen LogP contribution in [0.3, 0.4) is 0 Å². The molecule has 3 rings (SSSR count). The van der Waals surface area contributed by atoms with E-state index in [1.807, 2.05) is 54.6 Å². The Labute approximate surface area is 128 Å². The lowest BCUT2D eigenvalue weighted by Crippen LogP contribution is -2.30. The van der Waals surface area contributed by atoms with Gasteiger partial charge in [0.05, 0.1) is 0 Å². The number of hydroxylamine groups is 1. The van der Waals surface area contributed by atoms with E-state index in [1.165, 1.54) is 0 Å². The van der Waals surface area contributed by atoms with Gasteiger partial charge in [0.1, 0.15) is 12.4 Å². The van der Waals surface area contributed by atoms with E-state index in [1.54, 1.807) is 0 Å². The van der Waals surface area contributed by atoms with E-state index in [-0.39, 0.29) is 6.61 Å². The molecule has 0 bridgehead atoms. The first-order valence-corrected chi connectivity index (χ1v) is 6.96. The van der Waals surface area contributed by atoms with Gasteiger partial charge in [0.15, 0.2) is 6.61 Å². The van der Waals surface area contributed by atoms with Crippen LogP contribution in [-0.4, -0.2) is 23.5 Å². The third-order valence-corrected chi connectivity index (χ3v) is 3.44. The summed E-state index contributed by atoms with van der Waals surface area (Å²) in [5.41, 5.74) is 1.87. The Morgan fingerprint density at radius 3 is 2.55 bits per heavy atom. The van der Waals surface area contributed by atoms with Crippen LogP contribution in [-0.2, 0) is 16.1 Å². The molecule has 0 saturated carbocycles. The first kappa shape index (κ1) is 14.1. The zero-order valence-corrected chi connectivity index (χ0v) is 11.8. The fraction of sp³-hybridized carbons (Fsp3) is 0.176. The van der Waals surface area contributed by atoms with Gasteiger partial charge in [-0.1, -0.05) is 30.3 Å². The predicted octanol–water partition coefficient (Wildman–Crippen LogP) is 2.44. The van der Waals surface area contributed by atoms with Crippen molar-refractivity contribution in [2.45, 2.75) is 12.6 Å². The van der Waals surface area contributed by atoms with Gasteiger partial charge in [-0.3, -0.25) is 0 Å². The quantitative estimate of drug-likeness (QED) is 0.494. The van der Waals surface area contributed by atoms with E-state index < -0.39 is 12.0 Å². The summed E-state index contributed by atoms with van der Waals surface area (Å²) < 4.78 is 11.2. The molecular formula is C17H15NO4. The molecule has 0 unspecified atom stereocenters.